The first kappa shape index (κ1) is 14.7. The van der Waals surface area contributed by atoms with Crippen LogP contribution in [-0.4, -0.2) is 10.1 Å². The van der Waals surface area contributed by atoms with Gasteiger partial charge in [-0.05, 0) is 24.1 Å². The number of non-ortho nitro benzene ring substituents is 1. The molecule has 0 amide bonds. The van der Waals surface area contributed by atoms with Crippen molar-refractivity contribution in [2.24, 2.45) is 0 Å². The molecule has 5 nitrogen and oxygen atoms in total. The zero-order valence-electron chi connectivity index (χ0n) is 11.4. The summed E-state index contributed by atoms with van der Waals surface area (Å²) in [5.41, 5.74) is 1.29. The SMILES string of the molecule is C=CCC(c1cccc([N+](=O)[O-])c1)N(O)c1ccccc1. The Bertz CT molecular complexity index is 628. The minimum absolute atomic E-state index is 0.00280. The van der Waals surface area contributed by atoms with Crippen molar-refractivity contribution in [3.05, 3.63) is 82.9 Å². The molecule has 0 aliphatic rings. The van der Waals surface area contributed by atoms with Crippen LogP contribution in [0.3, 0.4) is 0 Å². The molecule has 108 valence electrons. The van der Waals surface area contributed by atoms with Gasteiger partial charge in [0.2, 0.25) is 0 Å². The Labute approximate surface area is 122 Å². The van der Waals surface area contributed by atoms with E-state index in [1.165, 1.54) is 12.1 Å². The highest BCUT2D eigenvalue weighted by atomic mass is 16.6. The number of nitro benzene ring substituents is 1. The van der Waals surface area contributed by atoms with Crippen molar-refractivity contribution < 1.29 is 10.1 Å². The van der Waals surface area contributed by atoms with E-state index in [4.69, 9.17) is 0 Å². The molecule has 0 aliphatic carbocycles. The third-order valence-electron chi connectivity index (χ3n) is 3.17. The molecule has 1 N–H and O–H groups in total. The molecule has 0 spiro atoms. The van der Waals surface area contributed by atoms with Crippen LogP contribution in [0.2, 0.25) is 0 Å². The fraction of sp³-hybridized carbons (Fsp3) is 0.125. The third-order valence-corrected chi connectivity index (χ3v) is 3.17. The van der Waals surface area contributed by atoms with Crippen LogP contribution in [0.15, 0.2) is 67.3 Å². The Hall–Kier alpha value is -2.66. The summed E-state index contributed by atoms with van der Waals surface area (Å²) < 4.78 is 0. The summed E-state index contributed by atoms with van der Waals surface area (Å²) in [6, 6.07) is 14.9. The summed E-state index contributed by atoms with van der Waals surface area (Å²) in [6.07, 6.45) is 2.14. The van der Waals surface area contributed by atoms with Crippen molar-refractivity contribution in [2.45, 2.75) is 12.5 Å². The summed E-state index contributed by atoms with van der Waals surface area (Å²) >= 11 is 0. The molecule has 0 heterocycles. The molecule has 0 saturated heterocycles. The third kappa shape index (κ3) is 3.46. The van der Waals surface area contributed by atoms with Crippen molar-refractivity contribution in [2.75, 3.05) is 5.06 Å². The standard InChI is InChI=1S/C16H16N2O3/c1-2-7-16(17(19)14-9-4-3-5-10-14)13-8-6-11-15(12-13)18(20)21/h2-6,8-12,16,19H,1,7H2. The largest absolute Gasteiger partial charge is 0.288 e. The Balaban J connectivity index is 2.36. The minimum atomic E-state index is -0.446. The molecule has 0 radical (unpaired) electrons. The average Bonchev–Trinajstić information content (AvgIpc) is 2.53. The minimum Gasteiger partial charge on any atom is -0.288 e. The van der Waals surface area contributed by atoms with Crippen LogP contribution in [0.25, 0.3) is 0 Å². The van der Waals surface area contributed by atoms with Gasteiger partial charge in [0.25, 0.3) is 5.69 Å². The number of hydrogen-bond acceptors (Lipinski definition) is 4. The predicted molar refractivity (Wildman–Crippen MR) is 81.4 cm³/mol. The molecular formula is C16H16N2O3. The second-order valence-electron chi connectivity index (χ2n) is 4.57. The Kier molecular flexibility index (Phi) is 4.68. The van der Waals surface area contributed by atoms with Gasteiger partial charge in [-0.2, -0.15) is 0 Å². The molecule has 0 bridgehead atoms. The van der Waals surface area contributed by atoms with E-state index in [2.05, 4.69) is 6.58 Å². The van der Waals surface area contributed by atoms with Crippen molar-refractivity contribution in [1.82, 2.24) is 0 Å². The maximum absolute atomic E-state index is 10.9. The van der Waals surface area contributed by atoms with Gasteiger partial charge in [0.05, 0.1) is 16.7 Å². The average molecular weight is 284 g/mol. The molecule has 21 heavy (non-hydrogen) atoms. The summed E-state index contributed by atoms with van der Waals surface area (Å²) in [6.45, 7) is 3.69. The van der Waals surface area contributed by atoms with E-state index in [-0.39, 0.29) is 5.69 Å². The fourth-order valence-corrected chi connectivity index (χ4v) is 2.14. The van der Waals surface area contributed by atoms with Gasteiger partial charge in [-0.3, -0.25) is 15.3 Å². The van der Waals surface area contributed by atoms with Gasteiger partial charge in [0, 0.05) is 12.1 Å². The molecule has 0 aliphatic heterocycles. The second kappa shape index (κ2) is 6.67. The summed E-state index contributed by atoms with van der Waals surface area (Å²) in [7, 11) is 0. The number of nitrogens with zero attached hydrogens (tertiary/aromatic N) is 2. The van der Waals surface area contributed by atoms with E-state index in [0.717, 1.165) is 5.06 Å². The summed E-state index contributed by atoms with van der Waals surface area (Å²) in [5, 5.41) is 22.4. The van der Waals surface area contributed by atoms with E-state index in [1.807, 2.05) is 18.2 Å². The molecule has 2 aromatic rings. The number of benzene rings is 2. The smallest absolute Gasteiger partial charge is 0.269 e. The van der Waals surface area contributed by atoms with Gasteiger partial charge in [-0.1, -0.05) is 36.4 Å². The van der Waals surface area contributed by atoms with Gasteiger partial charge in [0.15, 0.2) is 0 Å². The predicted octanol–water partition coefficient (Wildman–Crippen LogP) is 4.11. The summed E-state index contributed by atoms with van der Waals surface area (Å²) in [4.78, 5) is 10.4. The Morgan fingerprint density at radius 3 is 2.57 bits per heavy atom. The van der Waals surface area contributed by atoms with Crippen molar-refractivity contribution in [3.63, 3.8) is 0 Å². The van der Waals surface area contributed by atoms with Crippen LogP contribution >= 0.6 is 0 Å². The van der Waals surface area contributed by atoms with Crippen LogP contribution < -0.4 is 5.06 Å². The first-order chi connectivity index (χ1) is 10.1. The van der Waals surface area contributed by atoms with Gasteiger partial charge in [0.1, 0.15) is 0 Å². The molecular weight excluding hydrogens is 268 g/mol. The number of hydroxylamine groups is 1. The highest BCUT2D eigenvalue weighted by Gasteiger charge is 2.20. The highest BCUT2D eigenvalue weighted by molar-refractivity contribution is 5.47. The first-order valence-electron chi connectivity index (χ1n) is 6.52. The van der Waals surface area contributed by atoms with Crippen molar-refractivity contribution in [3.8, 4) is 0 Å². The molecule has 0 fully saturated rings. The van der Waals surface area contributed by atoms with Crippen LogP contribution in [0.4, 0.5) is 11.4 Å². The Morgan fingerprint density at radius 2 is 1.95 bits per heavy atom. The van der Waals surface area contributed by atoms with Gasteiger partial charge < -0.3 is 0 Å². The van der Waals surface area contributed by atoms with E-state index < -0.39 is 11.0 Å². The monoisotopic (exact) mass is 284 g/mol. The lowest BCUT2D eigenvalue weighted by molar-refractivity contribution is -0.384. The molecule has 0 saturated carbocycles. The zero-order valence-corrected chi connectivity index (χ0v) is 11.4. The number of rotatable bonds is 6. The lowest BCUT2D eigenvalue weighted by Crippen LogP contribution is -2.24. The molecule has 1 unspecified atom stereocenters. The Morgan fingerprint density at radius 1 is 1.24 bits per heavy atom. The van der Waals surface area contributed by atoms with Gasteiger partial charge in [-0.25, -0.2) is 5.06 Å². The zero-order chi connectivity index (χ0) is 15.2. The fourth-order valence-electron chi connectivity index (χ4n) is 2.14. The maximum Gasteiger partial charge on any atom is 0.269 e. The first-order valence-corrected chi connectivity index (χ1v) is 6.52. The normalized spacial score (nSPS) is 11.7. The van der Waals surface area contributed by atoms with Gasteiger partial charge in [-0.15, -0.1) is 6.58 Å². The van der Waals surface area contributed by atoms with Crippen molar-refractivity contribution in [1.29, 1.82) is 0 Å². The highest BCUT2D eigenvalue weighted by Crippen LogP contribution is 2.30. The molecule has 2 rings (SSSR count). The number of anilines is 1. The van der Waals surface area contributed by atoms with Gasteiger partial charge >= 0.3 is 0 Å². The number of para-hydroxylation sites is 1. The number of hydrogen-bond donors (Lipinski definition) is 1. The van der Waals surface area contributed by atoms with E-state index in [0.29, 0.717) is 17.7 Å². The van der Waals surface area contributed by atoms with Crippen LogP contribution in [-0.2, 0) is 0 Å². The quantitative estimate of drug-likeness (QED) is 0.492. The van der Waals surface area contributed by atoms with E-state index in [1.54, 1.807) is 30.3 Å². The lowest BCUT2D eigenvalue weighted by atomic mass is 10.0. The van der Waals surface area contributed by atoms with E-state index >= 15 is 0 Å². The number of nitro groups is 1. The van der Waals surface area contributed by atoms with Crippen LogP contribution in [0.1, 0.15) is 18.0 Å². The van der Waals surface area contributed by atoms with Crippen LogP contribution in [0, 0.1) is 10.1 Å². The maximum atomic E-state index is 10.9. The lowest BCUT2D eigenvalue weighted by Gasteiger charge is -2.27. The molecule has 2 aromatic carbocycles. The molecule has 1 atom stereocenters. The van der Waals surface area contributed by atoms with E-state index in [9.17, 15) is 15.3 Å². The molecule has 5 heteroatoms. The van der Waals surface area contributed by atoms with Crippen LogP contribution in [0.5, 0.6) is 0 Å². The topological polar surface area (TPSA) is 66.6 Å². The second-order valence-corrected chi connectivity index (χ2v) is 4.57. The molecule has 0 aromatic heterocycles. The van der Waals surface area contributed by atoms with Crippen molar-refractivity contribution >= 4 is 11.4 Å². The summed E-state index contributed by atoms with van der Waals surface area (Å²) in [5.74, 6) is 0.